The summed E-state index contributed by atoms with van der Waals surface area (Å²) in [6.45, 7) is 2.00. The number of methoxy groups -OCH3 is 1. The second-order valence-electron chi connectivity index (χ2n) is 8.16. The van der Waals surface area contributed by atoms with Crippen LogP contribution in [0.2, 0.25) is 0 Å². The molecule has 0 spiro atoms. The van der Waals surface area contributed by atoms with Crippen molar-refractivity contribution in [1.29, 1.82) is 0 Å². The van der Waals surface area contributed by atoms with E-state index in [-0.39, 0.29) is 30.7 Å². The average molecular weight is 462 g/mol. The number of aliphatic imine (C=N–C) groups is 2. The maximum absolute atomic E-state index is 13.1. The van der Waals surface area contributed by atoms with Crippen LogP contribution in [0.15, 0.2) is 45.4 Å². The van der Waals surface area contributed by atoms with E-state index in [0.29, 0.717) is 28.8 Å². The highest BCUT2D eigenvalue weighted by Gasteiger charge is 2.37. The van der Waals surface area contributed by atoms with Gasteiger partial charge in [0.05, 0.1) is 18.7 Å². The lowest BCUT2D eigenvalue weighted by molar-refractivity contribution is -0.122. The number of hydrogen-bond donors (Lipinski definition) is 1. The van der Waals surface area contributed by atoms with Gasteiger partial charge in [-0.05, 0) is 31.2 Å². The van der Waals surface area contributed by atoms with Crippen molar-refractivity contribution in [2.75, 3.05) is 30.9 Å². The first-order valence-electron chi connectivity index (χ1n) is 10.7. The van der Waals surface area contributed by atoms with Crippen LogP contribution in [0, 0.1) is 18.8 Å². The Balaban J connectivity index is 1.34. The van der Waals surface area contributed by atoms with Crippen LogP contribution in [0.1, 0.15) is 12.1 Å². The van der Waals surface area contributed by atoms with Crippen LogP contribution < -0.4 is 15.0 Å². The predicted octanol–water partition coefficient (Wildman–Crippen LogP) is 0.882. The highest BCUT2D eigenvalue weighted by molar-refractivity contribution is 6.24. The molecule has 3 aliphatic heterocycles. The number of benzene rings is 1. The molecule has 0 aliphatic carbocycles. The van der Waals surface area contributed by atoms with Crippen LogP contribution in [-0.4, -0.2) is 71.2 Å². The molecule has 1 aromatic carbocycles. The fourth-order valence-corrected chi connectivity index (χ4v) is 4.06. The number of nitrogens with one attached hydrogen (secondary N) is 1. The Hall–Kier alpha value is -4.35. The van der Waals surface area contributed by atoms with Gasteiger partial charge in [0.2, 0.25) is 11.8 Å². The Bertz CT molecular complexity index is 1280. The van der Waals surface area contributed by atoms with Crippen molar-refractivity contribution in [2.45, 2.75) is 13.3 Å². The average Bonchev–Trinajstić information content (AvgIpc) is 3.51. The first-order chi connectivity index (χ1) is 16.3. The summed E-state index contributed by atoms with van der Waals surface area (Å²) >= 11 is 0. The minimum Gasteiger partial charge on any atom is -0.497 e. The van der Waals surface area contributed by atoms with Crippen molar-refractivity contribution in [3.05, 3.63) is 36.0 Å². The molecule has 12 nitrogen and oxygen atoms in total. The zero-order valence-electron chi connectivity index (χ0n) is 18.8. The molecule has 2 aromatic rings. The monoisotopic (exact) mass is 462 g/mol. The van der Waals surface area contributed by atoms with Crippen molar-refractivity contribution in [3.63, 3.8) is 0 Å². The van der Waals surface area contributed by atoms with E-state index in [1.165, 1.54) is 15.9 Å². The number of hydrogen-bond acceptors (Lipinski definition) is 8. The van der Waals surface area contributed by atoms with Gasteiger partial charge in [0.1, 0.15) is 23.3 Å². The van der Waals surface area contributed by atoms with Gasteiger partial charge in [0, 0.05) is 38.0 Å². The van der Waals surface area contributed by atoms with E-state index in [1.54, 1.807) is 56.3 Å². The standard InChI is InChI=1S/C22H22N8O4/c1-12-8-17(30(27-12)22-25-19-16(21(33)26-22)10-23-28(19)2)24-20(32)13-9-18(31)29(11-13)14-4-6-15(34-3)7-5-14/h4-8,10,13,16H,9,11H2,1-3H3,(H,24,32). The van der Waals surface area contributed by atoms with E-state index >= 15 is 0 Å². The van der Waals surface area contributed by atoms with Gasteiger partial charge < -0.3 is 15.0 Å². The van der Waals surface area contributed by atoms with E-state index in [0.717, 1.165) is 0 Å². The van der Waals surface area contributed by atoms with Crippen LogP contribution in [-0.2, 0) is 14.4 Å². The number of carbonyl (C=O) groups is 3. The Morgan fingerprint density at radius 1 is 1.18 bits per heavy atom. The molecule has 4 heterocycles. The van der Waals surface area contributed by atoms with E-state index in [1.807, 2.05) is 0 Å². The van der Waals surface area contributed by atoms with E-state index in [4.69, 9.17) is 4.74 Å². The number of carbonyl (C=O) groups excluding carboxylic acids is 3. The molecule has 0 radical (unpaired) electrons. The van der Waals surface area contributed by atoms with Crippen LogP contribution in [0.4, 0.5) is 11.5 Å². The summed E-state index contributed by atoms with van der Waals surface area (Å²) in [5.74, 6) is -0.572. The summed E-state index contributed by atoms with van der Waals surface area (Å²) in [5.41, 5.74) is 1.30. The quantitative estimate of drug-likeness (QED) is 0.717. The number of ether oxygens (including phenoxy) is 1. The predicted molar refractivity (Wildman–Crippen MR) is 124 cm³/mol. The molecule has 1 fully saturated rings. The number of aromatic nitrogens is 2. The SMILES string of the molecule is COc1ccc(N2CC(C(=O)Nc3cc(C)nn3C3=NC(=O)C4C=NN(C)C4=N3)CC2=O)cc1. The number of fused-ring (bicyclic) bond motifs is 1. The number of rotatable bonds is 4. The zero-order valence-corrected chi connectivity index (χ0v) is 18.8. The van der Waals surface area contributed by atoms with Crippen molar-refractivity contribution in [2.24, 2.45) is 26.9 Å². The number of nitrogens with zero attached hydrogens (tertiary/aromatic N) is 7. The minimum atomic E-state index is -0.614. The molecule has 3 aliphatic rings. The van der Waals surface area contributed by atoms with E-state index < -0.39 is 17.7 Å². The van der Waals surface area contributed by atoms with Gasteiger partial charge in [-0.15, -0.1) is 0 Å². The van der Waals surface area contributed by atoms with Gasteiger partial charge in [0.25, 0.3) is 11.9 Å². The molecule has 0 saturated carbocycles. The largest absolute Gasteiger partial charge is 0.497 e. The first-order valence-corrected chi connectivity index (χ1v) is 10.7. The maximum Gasteiger partial charge on any atom is 0.265 e. The van der Waals surface area contributed by atoms with Gasteiger partial charge in [-0.1, -0.05) is 0 Å². The van der Waals surface area contributed by atoms with Gasteiger partial charge in [-0.25, -0.2) is 0 Å². The third-order valence-corrected chi connectivity index (χ3v) is 5.84. The number of aryl methyl sites for hydroxylation is 1. The summed E-state index contributed by atoms with van der Waals surface area (Å²) < 4.78 is 6.48. The molecule has 2 unspecified atom stereocenters. The van der Waals surface area contributed by atoms with Crippen molar-refractivity contribution in [1.82, 2.24) is 14.8 Å². The first kappa shape index (κ1) is 21.5. The number of anilines is 2. The summed E-state index contributed by atoms with van der Waals surface area (Å²) in [6.07, 6.45) is 1.57. The number of hydrazone groups is 1. The molecule has 12 heteroatoms. The van der Waals surface area contributed by atoms with E-state index in [9.17, 15) is 14.4 Å². The van der Waals surface area contributed by atoms with Gasteiger partial charge in [-0.3, -0.25) is 19.4 Å². The lowest BCUT2D eigenvalue weighted by Gasteiger charge is -2.18. The van der Waals surface area contributed by atoms with Crippen molar-refractivity contribution >= 4 is 47.2 Å². The summed E-state index contributed by atoms with van der Waals surface area (Å²) in [7, 11) is 3.26. The molecule has 2 atom stereocenters. The molecule has 3 amide bonds. The van der Waals surface area contributed by atoms with Gasteiger partial charge in [-0.2, -0.15) is 24.9 Å². The Kier molecular flexibility index (Phi) is 5.19. The Labute approximate surface area is 194 Å². The highest BCUT2D eigenvalue weighted by Crippen LogP contribution is 2.28. The van der Waals surface area contributed by atoms with Crippen LogP contribution in [0.25, 0.3) is 0 Å². The summed E-state index contributed by atoms with van der Waals surface area (Å²) in [6, 6.07) is 8.75. The zero-order chi connectivity index (χ0) is 24.0. The summed E-state index contributed by atoms with van der Waals surface area (Å²) in [5, 5.41) is 12.7. The molecule has 174 valence electrons. The third-order valence-electron chi connectivity index (χ3n) is 5.84. The van der Waals surface area contributed by atoms with Gasteiger partial charge >= 0.3 is 0 Å². The fourth-order valence-electron chi connectivity index (χ4n) is 4.06. The molecule has 1 N–H and O–H groups in total. The fraction of sp³-hybridized carbons (Fsp3) is 0.318. The molecule has 5 rings (SSSR count). The second-order valence-corrected chi connectivity index (χ2v) is 8.16. The Morgan fingerprint density at radius 3 is 2.68 bits per heavy atom. The Morgan fingerprint density at radius 2 is 1.94 bits per heavy atom. The molecule has 1 saturated heterocycles. The lowest BCUT2D eigenvalue weighted by Crippen LogP contribution is -2.35. The van der Waals surface area contributed by atoms with Crippen molar-refractivity contribution in [3.8, 4) is 5.75 Å². The minimum absolute atomic E-state index is 0.0411. The molecular formula is C22H22N8O4. The lowest BCUT2D eigenvalue weighted by atomic mass is 10.1. The number of amides is 3. The molecule has 0 bridgehead atoms. The molecule has 1 aromatic heterocycles. The smallest absolute Gasteiger partial charge is 0.265 e. The topological polar surface area (TPSA) is 134 Å². The van der Waals surface area contributed by atoms with Gasteiger partial charge in [0.15, 0.2) is 0 Å². The van der Waals surface area contributed by atoms with Crippen LogP contribution in [0.5, 0.6) is 5.75 Å². The maximum atomic E-state index is 13.1. The second kappa shape index (κ2) is 8.21. The third kappa shape index (κ3) is 3.72. The molecule has 34 heavy (non-hydrogen) atoms. The van der Waals surface area contributed by atoms with Crippen molar-refractivity contribution < 1.29 is 19.1 Å². The van der Waals surface area contributed by atoms with E-state index in [2.05, 4.69) is 25.5 Å². The number of amidine groups is 1. The van der Waals surface area contributed by atoms with Crippen LogP contribution >= 0.6 is 0 Å². The van der Waals surface area contributed by atoms with Crippen LogP contribution in [0.3, 0.4) is 0 Å². The normalized spacial score (nSPS) is 21.5. The highest BCUT2D eigenvalue weighted by atomic mass is 16.5. The summed E-state index contributed by atoms with van der Waals surface area (Å²) in [4.78, 5) is 48.1. The molecular weight excluding hydrogens is 440 g/mol.